The highest BCUT2D eigenvalue weighted by atomic mass is 16.2. The van der Waals surface area contributed by atoms with Gasteiger partial charge in [0.1, 0.15) is 0 Å². The Balaban J connectivity index is 1.45. The number of amides is 2. The highest BCUT2D eigenvalue weighted by Gasteiger charge is 2.21. The molecule has 7 nitrogen and oxygen atoms in total. The topological polar surface area (TPSA) is 99.8 Å². The smallest absolute Gasteiger partial charge is 0.251 e. The van der Waals surface area contributed by atoms with Gasteiger partial charge in [-0.25, -0.2) is 0 Å². The molecule has 0 spiro atoms. The predicted molar refractivity (Wildman–Crippen MR) is 123 cm³/mol. The van der Waals surface area contributed by atoms with E-state index < -0.39 is 5.91 Å². The van der Waals surface area contributed by atoms with E-state index in [2.05, 4.69) is 50.9 Å². The fraction of sp³-hybridized carbons (Fsp3) is 0.375. The summed E-state index contributed by atoms with van der Waals surface area (Å²) in [6.07, 6.45) is 3.45. The Labute approximate surface area is 183 Å². The fourth-order valence-corrected chi connectivity index (χ4v) is 3.85. The van der Waals surface area contributed by atoms with Gasteiger partial charge in [0, 0.05) is 32.2 Å². The van der Waals surface area contributed by atoms with E-state index in [1.54, 1.807) is 12.1 Å². The molecule has 0 aliphatic carbocycles. The van der Waals surface area contributed by atoms with E-state index in [-0.39, 0.29) is 12.5 Å². The first-order valence-electron chi connectivity index (χ1n) is 10.7. The van der Waals surface area contributed by atoms with Crippen molar-refractivity contribution in [2.75, 3.05) is 26.7 Å². The van der Waals surface area contributed by atoms with Crippen LogP contribution in [0.5, 0.6) is 0 Å². The van der Waals surface area contributed by atoms with Gasteiger partial charge < -0.3 is 21.3 Å². The number of nitrogens with zero attached hydrogens (tertiary/aromatic N) is 2. The predicted octanol–water partition coefficient (Wildman–Crippen LogP) is 1.93. The Hall–Kier alpha value is -3.35. The van der Waals surface area contributed by atoms with Gasteiger partial charge in [-0.2, -0.15) is 0 Å². The summed E-state index contributed by atoms with van der Waals surface area (Å²) in [5.41, 5.74) is 8.01. The molecule has 0 saturated carbocycles. The van der Waals surface area contributed by atoms with Crippen molar-refractivity contribution in [1.29, 1.82) is 0 Å². The third-order valence-electron chi connectivity index (χ3n) is 5.58. The molecule has 3 rings (SSSR count). The third kappa shape index (κ3) is 6.84. The molecule has 2 amide bonds. The van der Waals surface area contributed by atoms with Gasteiger partial charge in [0.15, 0.2) is 5.96 Å². The molecule has 7 heteroatoms. The number of benzene rings is 2. The average Bonchev–Trinajstić information content (AvgIpc) is 2.80. The molecule has 31 heavy (non-hydrogen) atoms. The number of nitrogens with one attached hydrogen (secondary N) is 2. The number of likely N-dealkylation sites (tertiary alicyclic amines) is 1. The van der Waals surface area contributed by atoms with E-state index in [0.29, 0.717) is 18.0 Å². The molecule has 0 atom stereocenters. The molecule has 1 fully saturated rings. The van der Waals surface area contributed by atoms with E-state index in [1.807, 2.05) is 19.2 Å². The minimum Gasteiger partial charge on any atom is -0.368 e. The maximum absolute atomic E-state index is 12.0. The first-order chi connectivity index (χ1) is 15.0. The third-order valence-corrected chi connectivity index (χ3v) is 5.58. The van der Waals surface area contributed by atoms with Crippen LogP contribution in [0.1, 0.15) is 34.3 Å². The van der Waals surface area contributed by atoms with E-state index in [0.717, 1.165) is 43.9 Å². The van der Waals surface area contributed by atoms with Crippen LogP contribution in [0.2, 0.25) is 0 Å². The highest BCUT2D eigenvalue weighted by molar-refractivity contribution is 5.96. The lowest BCUT2D eigenvalue weighted by Crippen LogP contribution is -2.45. The fourth-order valence-electron chi connectivity index (χ4n) is 3.85. The minimum absolute atomic E-state index is 0.166. The van der Waals surface area contributed by atoms with Crippen molar-refractivity contribution >= 4 is 17.8 Å². The molecule has 0 unspecified atom stereocenters. The Morgan fingerprint density at radius 3 is 2.29 bits per heavy atom. The van der Waals surface area contributed by atoms with Crippen LogP contribution in [0.25, 0.3) is 0 Å². The minimum atomic E-state index is -0.565. The van der Waals surface area contributed by atoms with Crippen molar-refractivity contribution in [2.45, 2.75) is 25.8 Å². The Kier molecular flexibility index (Phi) is 8.04. The second kappa shape index (κ2) is 11.2. The number of hydrogen-bond acceptors (Lipinski definition) is 3. The summed E-state index contributed by atoms with van der Waals surface area (Å²) in [7, 11) is 1.81. The van der Waals surface area contributed by atoms with Crippen LogP contribution in [0.3, 0.4) is 0 Å². The standard InChI is InChI=1S/C24H31N5O2/c1-26-24(29-13-11-19(12-14-29)15-18-5-3-2-4-6-18)28-16-20-7-9-21(10-8-20)23(31)27-17-22(25)30/h2-10,19H,11-17H2,1H3,(H2,25,30)(H,26,28)(H,27,31). The summed E-state index contributed by atoms with van der Waals surface area (Å²) >= 11 is 0. The molecular formula is C24H31N5O2. The molecule has 0 aromatic heterocycles. The van der Waals surface area contributed by atoms with Crippen molar-refractivity contribution in [1.82, 2.24) is 15.5 Å². The van der Waals surface area contributed by atoms with Gasteiger partial charge in [-0.1, -0.05) is 42.5 Å². The molecule has 1 aliphatic heterocycles. The van der Waals surface area contributed by atoms with Gasteiger partial charge in [0.2, 0.25) is 5.91 Å². The summed E-state index contributed by atoms with van der Waals surface area (Å²) in [6, 6.07) is 18.0. The summed E-state index contributed by atoms with van der Waals surface area (Å²) in [5.74, 6) is 0.739. The largest absolute Gasteiger partial charge is 0.368 e. The van der Waals surface area contributed by atoms with Gasteiger partial charge in [-0.15, -0.1) is 0 Å². The lowest BCUT2D eigenvalue weighted by molar-refractivity contribution is -0.117. The summed E-state index contributed by atoms with van der Waals surface area (Å²) < 4.78 is 0. The molecule has 4 N–H and O–H groups in total. The Bertz CT molecular complexity index is 888. The van der Waals surface area contributed by atoms with Crippen LogP contribution >= 0.6 is 0 Å². The number of guanidine groups is 1. The van der Waals surface area contributed by atoms with Crippen molar-refractivity contribution < 1.29 is 9.59 Å². The van der Waals surface area contributed by atoms with Gasteiger partial charge in [0.05, 0.1) is 6.54 Å². The SMILES string of the molecule is CN=C(NCc1ccc(C(=O)NCC(N)=O)cc1)N1CCC(Cc2ccccc2)CC1. The van der Waals surface area contributed by atoms with E-state index in [9.17, 15) is 9.59 Å². The molecule has 1 heterocycles. The molecule has 1 saturated heterocycles. The van der Waals surface area contributed by atoms with Gasteiger partial charge in [-0.05, 0) is 48.4 Å². The molecule has 2 aromatic carbocycles. The molecule has 164 valence electrons. The van der Waals surface area contributed by atoms with Crippen molar-refractivity contribution in [3.8, 4) is 0 Å². The van der Waals surface area contributed by atoms with Gasteiger partial charge in [-0.3, -0.25) is 14.6 Å². The van der Waals surface area contributed by atoms with Crippen molar-refractivity contribution in [2.24, 2.45) is 16.6 Å². The lowest BCUT2D eigenvalue weighted by atomic mass is 9.90. The Morgan fingerprint density at radius 1 is 1.00 bits per heavy atom. The monoisotopic (exact) mass is 421 g/mol. The van der Waals surface area contributed by atoms with Crippen molar-refractivity contribution in [3.05, 3.63) is 71.3 Å². The summed E-state index contributed by atoms with van der Waals surface area (Å²) in [4.78, 5) is 29.5. The number of piperidine rings is 1. The number of rotatable bonds is 7. The van der Waals surface area contributed by atoms with Crippen molar-refractivity contribution in [3.63, 3.8) is 0 Å². The number of nitrogens with two attached hydrogens (primary N) is 1. The van der Waals surface area contributed by atoms with Crippen LogP contribution in [-0.4, -0.2) is 49.4 Å². The van der Waals surface area contributed by atoms with Crippen LogP contribution in [0.15, 0.2) is 59.6 Å². The molecule has 1 aliphatic rings. The van der Waals surface area contributed by atoms with Gasteiger partial charge in [0.25, 0.3) is 5.91 Å². The zero-order chi connectivity index (χ0) is 22.1. The number of carbonyl (C=O) groups is 2. The maximum atomic E-state index is 12.0. The van der Waals surface area contributed by atoms with E-state index >= 15 is 0 Å². The second-order valence-electron chi connectivity index (χ2n) is 7.87. The quantitative estimate of drug-likeness (QED) is 0.470. The van der Waals surface area contributed by atoms with Gasteiger partial charge >= 0.3 is 0 Å². The number of carbonyl (C=O) groups excluding carboxylic acids is 2. The maximum Gasteiger partial charge on any atom is 0.251 e. The number of primary amides is 1. The average molecular weight is 422 g/mol. The second-order valence-corrected chi connectivity index (χ2v) is 7.87. The van der Waals surface area contributed by atoms with Crippen LogP contribution in [-0.2, 0) is 17.8 Å². The molecule has 0 bridgehead atoms. The Morgan fingerprint density at radius 2 is 1.68 bits per heavy atom. The first kappa shape index (κ1) is 22.3. The van der Waals surface area contributed by atoms with E-state index in [4.69, 9.17) is 5.73 Å². The number of hydrogen-bond donors (Lipinski definition) is 3. The molecular weight excluding hydrogens is 390 g/mol. The molecule has 0 radical (unpaired) electrons. The highest BCUT2D eigenvalue weighted by Crippen LogP contribution is 2.21. The van der Waals surface area contributed by atoms with Crippen LogP contribution in [0.4, 0.5) is 0 Å². The zero-order valence-electron chi connectivity index (χ0n) is 18.0. The van der Waals surface area contributed by atoms with E-state index in [1.165, 1.54) is 5.56 Å². The van der Waals surface area contributed by atoms with Crippen LogP contribution in [0, 0.1) is 5.92 Å². The zero-order valence-corrected chi connectivity index (χ0v) is 18.0. The summed E-state index contributed by atoms with van der Waals surface area (Å²) in [5, 5.41) is 5.91. The summed E-state index contributed by atoms with van der Waals surface area (Å²) in [6.45, 7) is 2.45. The number of aliphatic imine (C=N–C) groups is 1. The van der Waals surface area contributed by atoms with Crippen LogP contribution < -0.4 is 16.4 Å². The molecule has 2 aromatic rings. The normalized spacial score (nSPS) is 14.9. The lowest BCUT2D eigenvalue weighted by Gasteiger charge is -2.34. The first-order valence-corrected chi connectivity index (χ1v) is 10.7.